The molecule has 0 spiro atoms. The molecule has 5 nitrogen and oxygen atoms in total. The molecule has 0 aromatic carbocycles. The Morgan fingerprint density at radius 1 is 1.24 bits per heavy atom. The molecule has 0 saturated heterocycles. The van der Waals surface area contributed by atoms with E-state index in [9.17, 15) is 0 Å². The van der Waals surface area contributed by atoms with E-state index in [1.807, 2.05) is 6.07 Å². The zero-order chi connectivity index (χ0) is 12.8. The lowest BCUT2D eigenvalue weighted by atomic mass is 10.1. The van der Waals surface area contributed by atoms with Gasteiger partial charge in [0.05, 0.1) is 0 Å². The van der Waals surface area contributed by atoms with Gasteiger partial charge in [-0.15, -0.1) is 0 Å². The van der Waals surface area contributed by atoms with Crippen LogP contribution < -0.4 is 16.4 Å². The molecular formula is C12H23N5. The minimum Gasteiger partial charge on any atom is -0.370 e. The number of nitrogens with two attached hydrogens (primary N) is 1. The Hall–Kier alpha value is -1.52. The maximum Gasteiger partial charge on any atom is 0.223 e. The Labute approximate surface area is 103 Å². The number of aromatic nitrogens is 2. The summed E-state index contributed by atoms with van der Waals surface area (Å²) in [6.45, 7) is 9.45. The van der Waals surface area contributed by atoms with Crippen molar-refractivity contribution < 1.29 is 0 Å². The van der Waals surface area contributed by atoms with E-state index in [-0.39, 0.29) is 0 Å². The first-order valence-corrected chi connectivity index (χ1v) is 6.18. The van der Waals surface area contributed by atoms with Crippen molar-refractivity contribution in [3.63, 3.8) is 0 Å². The second-order valence-electron chi connectivity index (χ2n) is 4.60. The molecule has 0 fully saturated rings. The standard InChI is InChI=1S/C12H23N5/c1-5-6-14-10-7-11(17-12(13)16-10)15-9(4)8(2)3/h7-9H,5-6H2,1-4H3,(H4,13,14,15,16,17). The number of nitrogens with one attached hydrogen (secondary N) is 2. The van der Waals surface area contributed by atoms with Crippen molar-refractivity contribution in [3.05, 3.63) is 6.07 Å². The zero-order valence-electron chi connectivity index (χ0n) is 11.1. The largest absolute Gasteiger partial charge is 0.370 e. The van der Waals surface area contributed by atoms with Crippen molar-refractivity contribution in [2.75, 3.05) is 22.9 Å². The van der Waals surface area contributed by atoms with Gasteiger partial charge in [-0.2, -0.15) is 9.97 Å². The summed E-state index contributed by atoms with van der Waals surface area (Å²) in [4.78, 5) is 8.32. The lowest BCUT2D eigenvalue weighted by Crippen LogP contribution is -2.22. The van der Waals surface area contributed by atoms with Gasteiger partial charge in [0, 0.05) is 18.7 Å². The summed E-state index contributed by atoms with van der Waals surface area (Å²) in [6, 6.07) is 2.24. The van der Waals surface area contributed by atoms with Crippen molar-refractivity contribution in [3.8, 4) is 0 Å². The highest BCUT2D eigenvalue weighted by Crippen LogP contribution is 2.15. The third kappa shape index (κ3) is 4.46. The molecule has 1 aromatic rings. The Bertz CT molecular complexity index is 351. The SMILES string of the molecule is CCCNc1cc(NC(C)C(C)C)nc(N)n1. The lowest BCUT2D eigenvalue weighted by molar-refractivity contribution is 0.558. The Kier molecular flexibility index (Phi) is 5.00. The van der Waals surface area contributed by atoms with Gasteiger partial charge in [-0.3, -0.25) is 0 Å². The van der Waals surface area contributed by atoms with Gasteiger partial charge in [-0.05, 0) is 19.3 Å². The highest BCUT2D eigenvalue weighted by atomic mass is 15.1. The number of anilines is 3. The summed E-state index contributed by atoms with van der Waals surface area (Å²) < 4.78 is 0. The van der Waals surface area contributed by atoms with Gasteiger partial charge in [0.2, 0.25) is 5.95 Å². The van der Waals surface area contributed by atoms with Gasteiger partial charge in [-0.25, -0.2) is 0 Å². The third-order valence-corrected chi connectivity index (χ3v) is 2.68. The fourth-order valence-electron chi connectivity index (χ4n) is 1.28. The quantitative estimate of drug-likeness (QED) is 0.708. The molecule has 5 heteroatoms. The second kappa shape index (κ2) is 6.27. The molecule has 1 aromatic heterocycles. The second-order valence-corrected chi connectivity index (χ2v) is 4.60. The third-order valence-electron chi connectivity index (χ3n) is 2.68. The normalized spacial score (nSPS) is 12.5. The van der Waals surface area contributed by atoms with E-state index in [1.54, 1.807) is 0 Å². The van der Waals surface area contributed by atoms with Crippen LogP contribution in [-0.2, 0) is 0 Å². The van der Waals surface area contributed by atoms with E-state index in [4.69, 9.17) is 5.73 Å². The van der Waals surface area contributed by atoms with Crippen LogP contribution in [0.4, 0.5) is 17.6 Å². The van der Waals surface area contributed by atoms with E-state index < -0.39 is 0 Å². The van der Waals surface area contributed by atoms with Crippen molar-refractivity contribution in [2.24, 2.45) is 5.92 Å². The van der Waals surface area contributed by atoms with Crippen molar-refractivity contribution in [1.82, 2.24) is 9.97 Å². The van der Waals surface area contributed by atoms with Crippen LogP contribution in [0, 0.1) is 5.92 Å². The molecule has 4 N–H and O–H groups in total. The highest BCUT2D eigenvalue weighted by Gasteiger charge is 2.09. The summed E-state index contributed by atoms with van der Waals surface area (Å²) in [5, 5.41) is 6.53. The average molecular weight is 237 g/mol. The first-order valence-electron chi connectivity index (χ1n) is 6.18. The van der Waals surface area contributed by atoms with E-state index in [1.165, 1.54) is 0 Å². The lowest BCUT2D eigenvalue weighted by Gasteiger charge is -2.18. The van der Waals surface area contributed by atoms with Gasteiger partial charge in [-0.1, -0.05) is 20.8 Å². The van der Waals surface area contributed by atoms with Gasteiger partial charge in [0.25, 0.3) is 0 Å². The Morgan fingerprint density at radius 3 is 2.47 bits per heavy atom. The minimum absolute atomic E-state index is 0.296. The van der Waals surface area contributed by atoms with Gasteiger partial charge < -0.3 is 16.4 Å². The number of hydrogen-bond donors (Lipinski definition) is 3. The minimum atomic E-state index is 0.296. The molecule has 0 aliphatic rings. The highest BCUT2D eigenvalue weighted by molar-refractivity contribution is 5.51. The molecule has 1 unspecified atom stereocenters. The van der Waals surface area contributed by atoms with Crippen LogP contribution in [0.2, 0.25) is 0 Å². The first-order chi connectivity index (χ1) is 8.02. The van der Waals surface area contributed by atoms with Crippen LogP contribution in [0.25, 0.3) is 0 Å². The van der Waals surface area contributed by atoms with Crippen LogP contribution in [0.3, 0.4) is 0 Å². The number of hydrogen-bond acceptors (Lipinski definition) is 5. The number of nitrogen functional groups attached to an aromatic ring is 1. The summed E-state index contributed by atoms with van der Waals surface area (Å²) in [5.74, 6) is 2.39. The predicted octanol–water partition coefficient (Wildman–Crippen LogP) is 2.34. The predicted molar refractivity (Wildman–Crippen MR) is 73.1 cm³/mol. The van der Waals surface area contributed by atoms with E-state index in [0.29, 0.717) is 17.9 Å². The molecule has 1 rings (SSSR count). The molecule has 0 bridgehead atoms. The van der Waals surface area contributed by atoms with Crippen molar-refractivity contribution >= 4 is 17.6 Å². The maximum atomic E-state index is 5.68. The van der Waals surface area contributed by atoms with E-state index >= 15 is 0 Å². The fraction of sp³-hybridized carbons (Fsp3) is 0.667. The molecular weight excluding hydrogens is 214 g/mol. The van der Waals surface area contributed by atoms with Crippen molar-refractivity contribution in [1.29, 1.82) is 0 Å². The number of rotatable bonds is 6. The number of nitrogens with zero attached hydrogens (tertiary/aromatic N) is 2. The van der Waals surface area contributed by atoms with Crippen molar-refractivity contribution in [2.45, 2.75) is 40.2 Å². The van der Waals surface area contributed by atoms with E-state index in [0.717, 1.165) is 24.6 Å². The molecule has 0 aliphatic carbocycles. The Morgan fingerprint density at radius 2 is 1.88 bits per heavy atom. The van der Waals surface area contributed by atoms with Crippen LogP contribution in [0.5, 0.6) is 0 Å². The molecule has 0 amide bonds. The van der Waals surface area contributed by atoms with Crippen LogP contribution in [0.1, 0.15) is 34.1 Å². The molecule has 1 atom stereocenters. The van der Waals surface area contributed by atoms with Crippen LogP contribution >= 0.6 is 0 Å². The summed E-state index contributed by atoms with van der Waals surface area (Å²) in [6.07, 6.45) is 1.05. The summed E-state index contributed by atoms with van der Waals surface area (Å²) >= 11 is 0. The fourth-order valence-corrected chi connectivity index (χ4v) is 1.28. The van der Waals surface area contributed by atoms with E-state index in [2.05, 4.69) is 48.3 Å². The summed E-state index contributed by atoms with van der Waals surface area (Å²) in [7, 11) is 0. The topological polar surface area (TPSA) is 75.9 Å². The summed E-state index contributed by atoms with van der Waals surface area (Å²) in [5.41, 5.74) is 5.68. The van der Waals surface area contributed by atoms with Crippen LogP contribution in [-0.4, -0.2) is 22.6 Å². The maximum absolute atomic E-state index is 5.68. The monoisotopic (exact) mass is 237 g/mol. The Balaban J connectivity index is 2.74. The molecule has 0 saturated carbocycles. The first kappa shape index (κ1) is 13.5. The molecule has 96 valence electrons. The smallest absolute Gasteiger partial charge is 0.223 e. The van der Waals surface area contributed by atoms with Crippen LogP contribution in [0.15, 0.2) is 6.07 Å². The zero-order valence-corrected chi connectivity index (χ0v) is 11.1. The molecule has 0 radical (unpaired) electrons. The van der Waals surface area contributed by atoms with Gasteiger partial charge in [0.15, 0.2) is 0 Å². The van der Waals surface area contributed by atoms with Gasteiger partial charge >= 0.3 is 0 Å². The average Bonchev–Trinajstić information content (AvgIpc) is 2.25. The van der Waals surface area contributed by atoms with Gasteiger partial charge in [0.1, 0.15) is 11.6 Å². The molecule has 1 heterocycles. The molecule has 17 heavy (non-hydrogen) atoms. The molecule has 0 aliphatic heterocycles.